The van der Waals surface area contributed by atoms with Gasteiger partial charge in [-0.3, -0.25) is 4.79 Å². The van der Waals surface area contributed by atoms with Gasteiger partial charge in [0.15, 0.2) is 6.10 Å². The van der Waals surface area contributed by atoms with E-state index in [0.29, 0.717) is 11.6 Å². The zero-order valence-corrected chi connectivity index (χ0v) is 13.2. The highest BCUT2D eigenvalue weighted by molar-refractivity contribution is 5.93. The van der Waals surface area contributed by atoms with Gasteiger partial charge < -0.3 is 10.1 Å². The van der Waals surface area contributed by atoms with E-state index in [2.05, 4.69) is 25.8 Å². The zero-order chi connectivity index (χ0) is 16.9. The second kappa shape index (κ2) is 6.86. The maximum atomic E-state index is 12.1. The van der Waals surface area contributed by atoms with Gasteiger partial charge in [0.05, 0.1) is 5.69 Å². The summed E-state index contributed by atoms with van der Waals surface area (Å²) in [6, 6.07) is 10.7. The molecule has 1 amide bonds. The van der Waals surface area contributed by atoms with E-state index in [9.17, 15) is 4.79 Å². The molecule has 0 fully saturated rings. The van der Waals surface area contributed by atoms with Gasteiger partial charge in [0, 0.05) is 6.20 Å². The first-order valence-electron chi connectivity index (χ1n) is 7.35. The summed E-state index contributed by atoms with van der Waals surface area (Å²) >= 11 is 0. The van der Waals surface area contributed by atoms with Crippen molar-refractivity contribution in [2.75, 3.05) is 5.32 Å². The fourth-order valence-electron chi connectivity index (χ4n) is 1.98. The number of nitrogens with one attached hydrogen (secondary N) is 1. The molecule has 0 aliphatic heterocycles. The van der Waals surface area contributed by atoms with Crippen molar-refractivity contribution < 1.29 is 9.53 Å². The maximum Gasteiger partial charge on any atom is 0.266 e. The third-order valence-corrected chi connectivity index (χ3v) is 3.29. The Kier molecular flexibility index (Phi) is 4.46. The van der Waals surface area contributed by atoms with Crippen molar-refractivity contribution in [3.05, 3.63) is 54.5 Å². The van der Waals surface area contributed by atoms with Crippen molar-refractivity contribution >= 4 is 11.7 Å². The van der Waals surface area contributed by atoms with E-state index >= 15 is 0 Å². The number of rotatable bonds is 5. The normalized spacial score (nSPS) is 11.8. The molecule has 0 saturated heterocycles. The van der Waals surface area contributed by atoms with Crippen LogP contribution in [0, 0.1) is 6.92 Å². The second-order valence-electron chi connectivity index (χ2n) is 5.22. The van der Waals surface area contributed by atoms with Gasteiger partial charge in [0.2, 0.25) is 0 Å². The third-order valence-electron chi connectivity index (χ3n) is 3.29. The largest absolute Gasteiger partial charge is 0.481 e. The van der Waals surface area contributed by atoms with Crippen molar-refractivity contribution in [2.45, 2.75) is 20.0 Å². The molecule has 0 aliphatic rings. The summed E-state index contributed by atoms with van der Waals surface area (Å²) in [5.74, 6) is 0.803. The van der Waals surface area contributed by atoms with Crippen LogP contribution in [-0.2, 0) is 4.79 Å². The Morgan fingerprint density at radius 3 is 2.62 bits per heavy atom. The van der Waals surface area contributed by atoms with Crippen molar-refractivity contribution in [3.63, 3.8) is 0 Å². The number of benzene rings is 1. The number of carbonyl (C=O) groups is 1. The second-order valence-corrected chi connectivity index (χ2v) is 5.22. The van der Waals surface area contributed by atoms with Crippen LogP contribution in [0.3, 0.4) is 0 Å². The number of hydrogen-bond acceptors (Lipinski definition) is 6. The van der Waals surface area contributed by atoms with Crippen LogP contribution in [0.15, 0.2) is 48.9 Å². The lowest BCUT2D eigenvalue weighted by molar-refractivity contribution is -0.122. The van der Waals surface area contributed by atoms with Crippen molar-refractivity contribution in [2.24, 2.45) is 0 Å². The minimum absolute atomic E-state index is 0.268. The van der Waals surface area contributed by atoms with E-state index in [1.807, 2.05) is 13.0 Å². The quantitative estimate of drug-likeness (QED) is 0.768. The standard InChI is InChI=1S/C16H16N6O2/c1-11-3-8-15(17-9-11)19-16(23)12(2)24-14-6-4-13(5-7-14)22-10-18-20-21-22/h3-10,12H,1-2H3,(H,17,19,23)/t12-/m1/s1. The first-order chi connectivity index (χ1) is 11.6. The number of amides is 1. The average Bonchev–Trinajstić information content (AvgIpc) is 3.12. The van der Waals surface area contributed by atoms with Crippen molar-refractivity contribution in [1.29, 1.82) is 0 Å². The summed E-state index contributed by atoms with van der Waals surface area (Å²) < 4.78 is 7.17. The first kappa shape index (κ1) is 15.6. The van der Waals surface area contributed by atoms with Gasteiger partial charge in [-0.1, -0.05) is 6.07 Å². The molecular weight excluding hydrogens is 308 g/mol. The smallest absolute Gasteiger partial charge is 0.266 e. The Morgan fingerprint density at radius 1 is 1.21 bits per heavy atom. The lowest BCUT2D eigenvalue weighted by atomic mass is 10.3. The Hall–Kier alpha value is -3.29. The molecule has 0 aliphatic carbocycles. The summed E-state index contributed by atoms with van der Waals surface area (Å²) in [6.45, 7) is 3.61. The summed E-state index contributed by atoms with van der Waals surface area (Å²) in [7, 11) is 0. The van der Waals surface area contributed by atoms with E-state index in [-0.39, 0.29) is 5.91 Å². The number of hydrogen-bond donors (Lipinski definition) is 1. The van der Waals surface area contributed by atoms with Crippen molar-refractivity contribution in [3.8, 4) is 11.4 Å². The van der Waals surface area contributed by atoms with Crippen LogP contribution in [-0.4, -0.2) is 37.2 Å². The van der Waals surface area contributed by atoms with Crippen LogP contribution >= 0.6 is 0 Å². The predicted octanol–water partition coefficient (Wildman–Crippen LogP) is 1.77. The van der Waals surface area contributed by atoms with E-state index in [0.717, 1.165) is 11.3 Å². The highest BCUT2D eigenvalue weighted by atomic mass is 16.5. The number of nitrogens with zero attached hydrogens (tertiary/aromatic N) is 5. The van der Waals surface area contributed by atoms with E-state index in [1.54, 1.807) is 43.5 Å². The summed E-state index contributed by atoms with van der Waals surface area (Å²) in [4.78, 5) is 16.3. The molecule has 3 aromatic rings. The minimum atomic E-state index is -0.660. The molecule has 24 heavy (non-hydrogen) atoms. The summed E-state index contributed by atoms with van der Waals surface area (Å²) in [5, 5.41) is 13.7. The number of carbonyl (C=O) groups excluding carboxylic acids is 1. The van der Waals surface area contributed by atoms with Crippen LogP contribution in [0.5, 0.6) is 5.75 Å². The predicted molar refractivity (Wildman–Crippen MR) is 86.8 cm³/mol. The molecule has 1 atom stereocenters. The van der Waals surface area contributed by atoms with Gasteiger partial charge in [0.1, 0.15) is 17.9 Å². The van der Waals surface area contributed by atoms with E-state index in [1.165, 1.54) is 11.0 Å². The van der Waals surface area contributed by atoms with Crippen LogP contribution in [0.1, 0.15) is 12.5 Å². The third kappa shape index (κ3) is 3.72. The number of aromatic nitrogens is 5. The lowest BCUT2D eigenvalue weighted by Gasteiger charge is -2.14. The Balaban J connectivity index is 1.60. The molecule has 2 heterocycles. The Labute approximate surface area is 138 Å². The van der Waals surface area contributed by atoms with E-state index in [4.69, 9.17) is 4.74 Å². The zero-order valence-electron chi connectivity index (χ0n) is 13.2. The highest BCUT2D eigenvalue weighted by Crippen LogP contribution is 2.16. The highest BCUT2D eigenvalue weighted by Gasteiger charge is 2.15. The molecule has 0 unspecified atom stereocenters. The number of pyridine rings is 1. The van der Waals surface area contributed by atoms with Crippen LogP contribution in [0.2, 0.25) is 0 Å². The van der Waals surface area contributed by atoms with Gasteiger partial charge in [0.25, 0.3) is 5.91 Å². The molecule has 8 heteroatoms. The lowest BCUT2D eigenvalue weighted by Crippen LogP contribution is -2.30. The van der Waals surface area contributed by atoms with Gasteiger partial charge in [-0.15, -0.1) is 5.10 Å². The monoisotopic (exact) mass is 324 g/mol. The molecule has 122 valence electrons. The van der Waals surface area contributed by atoms with Crippen LogP contribution < -0.4 is 10.1 Å². The van der Waals surface area contributed by atoms with Crippen LogP contribution in [0.4, 0.5) is 5.82 Å². The fraction of sp³-hybridized carbons (Fsp3) is 0.188. The molecule has 1 N–H and O–H groups in total. The molecule has 1 aromatic carbocycles. The molecule has 2 aromatic heterocycles. The maximum absolute atomic E-state index is 12.1. The van der Waals surface area contributed by atoms with Crippen LogP contribution in [0.25, 0.3) is 5.69 Å². The topological polar surface area (TPSA) is 94.8 Å². The fourth-order valence-corrected chi connectivity index (χ4v) is 1.98. The molecule has 3 rings (SSSR count). The average molecular weight is 324 g/mol. The summed E-state index contributed by atoms with van der Waals surface area (Å²) in [5.41, 5.74) is 1.83. The number of tetrazole rings is 1. The molecule has 0 radical (unpaired) electrons. The Morgan fingerprint density at radius 2 is 2.00 bits per heavy atom. The molecule has 0 saturated carbocycles. The Bertz CT molecular complexity index is 800. The van der Waals surface area contributed by atoms with E-state index < -0.39 is 6.10 Å². The summed E-state index contributed by atoms with van der Waals surface area (Å²) in [6.07, 6.45) is 2.53. The first-order valence-corrected chi connectivity index (χ1v) is 7.35. The molecule has 8 nitrogen and oxygen atoms in total. The van der Waals surface area contributed by atoms with Gasteiger partial charge in [-0.25, -0.2) is 9.67 Å². The minimum Gasteiger partial charge on any atom is -0.481 e. The van der Waals surface area contributed by atoms with Gasteiger partial charge in [-0.2, -0.15) is 0 Å². The van der Waals surface area contributed by atoms with Crippen molar-refractivity contribution in [1.82, 2.24) is 25.2 Å². The number of ether oxygens (including phenoxy) is 1. The molecule has 0 spiro atoms. The SMILES string of the molecule is Cc1ccc(NC(=O)[C@@H](C)Oc2ccc(-n3cnnn3)cc2)nc1. The van der Waals surface area contributed by atoms with Gasteiger partial charge >= 0.3 is 0 Å². The molecular formula is C16H16N6O2. The number of anilines is 1. The van der Waals surface area contributed by atoms with Gasteiger partial charge in [-0.05, 0) is 60.2 Å². The molecule has 0 bridgehead atoms. The number of aryl methyl sites for hydroxylation is 1.